The van der Waals surface area contributed by atoms with Crippen LogP contribution in [-0.4, -0.2) is 37.4 Å². The highest BCUT2D eigenvalue weighted by molar-refractivity contribution is 7.92. The quantitative estimate of drug-likeness (QED) is 0.564. The Balaban J connectivity index is 1.74. The number of benzene rings is 2. The third kappa shape index (κ3) is 4.49. The number of H-pyrrole nitrogens is 1. The Kier molecular flexibility index (Phi) is 5.65. The highest BCUT2D eigenvalue weighted by Crippen LogP contribution is 2.24. The maximum absolute atomic E-state index is 12.6. The Morgan fingerprint density at radius 2 is 1.71 bits per heavy atom. The van der Waals surface area contributed by atoms with Crippen LogP contribution in [0.2, 0.25) is 0 Å². The van der Waals surface area contributed by atoms with Crippen LogP contribution in [0.15, 0.2) is 54.7 Å². The second-order valence-corrected chi connectivity index (χ2v) is 7.94. The molecule has 2 aromatic carbocycles. The van der Waals surface area contributed by atoms with Crippen LogP contribution in [0, 0.1) is 0 Å². The monoisotopic (exact) mass is 400 g/mol. The zero-order chi connectivity index (χ0) is 20.1. The van der Waals surface area contributed by atoms with E-state index in [1.807, 2.05) is 12.1 Å². The molecule has 0 atom stereocenters. The SMILES string of the molecule is CCS(=O)(=O)Nc1ccc(NC(=O)c2cn[nH]c2-c2ccc(OC)cc2)cc1. The van der Waals surface area contributed by atoms with E-state index in [1.54, 1.807) is 50.4 Å². The number of carbonyl (C=O) groups is 1. The van der Waals surface area contributed by atoms with Crippen molar-refractivity contribution in [2.45, 2.75) is 6.92 Å². The molecule has 3 aromatic rings. The van der Waals surface area contributed by atoms with Gasteiger partial charge in [0.15, 0.2) is 0 Å². The number of anilines is 2. The van der Waals surface area contributed by atoms with Gasteiger partial charge in [-0.25, -0.2) is 8.42 Å². The first-order chi connectivity index (χ1) is 13.4. The molecule has 146 valence electrons. The smallest absolute Gasteiger partial charge is 0.259 e. The number of amides is 1. The molecule has 3 N–H and O–H groups in total. The average molecular weight is 400 g/mol. The van der Waals surface area contributed by atoms with Crippen molar-refractivity contribution in [3.05, 3.63) is 60.3 Å². The van der Waals surface area contributed by atoms with E-state index < -0.39 is 10.0 Å². The van der Waals surface area contributed by atoms with E-state index in [-0.39, 0.29) is 11.7 Å². The van der Waals surface area contributed by atoms with Crippen LogP contribution in [0.25, 0.3) is 11.3 Å². The van der Waals surface area contributed by atoms with Crippen LogP contribution >= 0.6 is 0 Å². The number of nitrogens with one attached hydrogen (secondary N) is 3. The average Bonchev–Trinajstić information content (AvgIpc) is 3.19. The normalized spacial score (nSPS) is 11.1. The van der Waals surface area contributed by atoms with Crippen LogP contribution in [0.3, 0.4) is 0 Å². The summed E-state index contributed by atoms with van der Waals surface area (Å²) in [5.41, 5.74) is 2.74. The fraction of sp³-hybridized carbons (Fsp3) is 0.158. The first kappa shape index (κ1) is 19.4. The molecule has 0 unspecified atom stereocenters. The van der Waals surface area contributed by atoms with Crippen molar-refractivity contribution in [2.24, 2.45) is 0 Å². The van der Waals surface area contributed by atoms with Crippen LogP contribution in [-0.2, 0) is 10.0 Å². The van der Waals surface area contributed by atoms with Gasteiger partial charge in [0.25, 0.3) is 5.91 Å². The van der Waals surface area contributed by atoms with E-state index >= 15 is 0 Å². The summed E-state index contributed by atoms with van der Waals surface area (Å²) < 4.78 is 30.8. The fourth-order valence-electron chi connectivity index (χ4n) is 2.51. The molecule has 1 amide bonds. The summed E-state index contributed by atoms with van der Waals surface area (Å²) in [6.45, 7) is 1.56. The molecule has 0 aliphatic heterocycles. The Hall–Kier alpha value is -3.33. The molecule has 28 heavy (non-hydrogen) atoms. The number of nitrogens with zero attached hydrogens (tertiary/aromatic N) is 1. The maximum atomic E-state index is 12.6. The second-order valence-electron chi connectivity index (χ2n) is 5.92. The highest BCUT2D eigenvalue weighted by Gasteiger charge is 2.16. The Bertz CT molecular complexity index is 1060. The summed E-state index contributed by atoms with van der Waals surface area (Å²) in [7, 11) is -1.76. The third-order valence-corrected chi connectivity index (χ3v) is 5.37. The van der Waals surface area contributed by atoms with Gasteiger partial charge in [0, 0.05) is 16.9 Å². The van der Waals surface area contributed by atoms with Crippen molar-refractivity contribution in [2.75, 3.05) is 22.9 Å². The molecule has 3 rings (SSSR count). The van der Waals surface area contributed by atoms with E-state index in [0.29, 0.717) is 28.4 Å². The van der Waals surface area contributed by atoms with Crippen LogP contribution in [0.5, 0.6) is 5.75 Å². The lowest BCUT2D eigenvalue weighted by Crippen LogP contribution is -2.15. The van der Waals surface area contributed by atoms with Crippen molar-refractivity contribution in [3.8, 4) is 17.0 Å². The van der Waals surface area contributed by atoms with Gasteiger partial charge in [-0.15, -0.1) is 0 Å². The van der Waals surface area contributed by atoms with Gasteiger partial charge in [0.05, 0.1) is 30.3 Å². The van der Waals surface area contributed by atoms with Crippen molar-refractivity contribution in [1.82, 2.24) is 10.2 Å². The van der Waals surface area contributed by atoms with E-state index in [4.69, 9.17) is 4.74 Å². The zero-order valence-corrected chi connectivity index (χ0v) is 16.2. The van der Waals surface area contributed by atoms with Crippen LogP contribution < -0.4 is 14.8 Å². The third-order valence-electron chi connectivity index (χ3n) is 4.06. The molecule has 0 fully saturated rings. The maximum Gasteiger partial charge on any atom is 0.259 e. The molecular formula is C19H20N4O4S. The van der Waals surface area contributed by atoms with E-state index in [0.717, 1.165) is 5.56 Å². The lowest BCUT2D eigenvalue weighted by Gasteiger charge is -2.09. The first-order valence-corrected chi connectivity index (χ1v) is 10.2. The Morgan fingerprint density at radius 3 is 2.32 bits per heavy atom. The van der Waals surface area contributed by atoms with Gasteiger partial charge < -0.3 is 10.1 Å². The summed E-state index contributed by atoms with van der Waals surface area (Å²) in [4.78, 5) is 12.6. The molecule has 9 heteroatoms. The van der Waals surface area contributed by atoms with Crippen molar-refractivity contribution in [3.63, 3.8) is 0 Å². The largest absolute Gasteiger partial charge is 0.497 e. The van der Waals surface area contributed by atoms with Gasteiger partial charge in [-0.2, -0.15) is 5.10 Å². The summed E-state index contributed by atoms with van der Waals surface area (Å²) >= 11 is 0. The van der Waals surface area contributed by atoms with Gasteiger partial charge in [0.1, 0.15) is 5.75 Å². The van der Waals surface area contributed by atoms with E-state index in [9.17, 15) is 13.2 Å². The molecule has 0 saturated heterocycles. The van der Waals surface area contributed by atoms with Gasteiger partial charge in [-0.3, -0.25) is 14.6 Å². The van der Waals surface area contributed by atoms with Crippen LogP contribution in [0.1, 0.15) is 17.3 Å². The zero-order valence-electron chi connectivity index (χ0n) is 15.4. The predicted molar refractivity (Wildman–Crippen MR) is 108 cm³/mol. The summed E-state index contributed by atoms with van der Waals surface area (Å²) in [6, 6.07) is 13.7. The molecule has 0 saturated carbocycles. The second kappa shape index (κ2) is 8.13. The molecule has 0 spiro atoms. The number of hydrogen-bond acceptors (Lipinski definition) is 5. The standard InChI is InChI=1S/C19H20N4O4S/c1-3-28(25,26)23-15-8-6-14(7-9-15)21-19(24)17-12-20-22-18(17)13-4-10-16(27-2)11-5-13/h4-12,23H,3H2,1-2H3,(H,20,22)(H,21,24). The lowest BCUT2D eigenvalue weighted by molar-refractivity contribution is 0.102. The van der Waals surface area contributed by atoms with E-state index in [1.165, 1.54) is 6.20 Å². The number of ether oxygens (including phenoxy) is 1. The Labute approximate surface area is 163 Å². The summed E-state index contributed by atoms with van der Waals surface area (Å²) in [5, 5.41) is 9.59. The van der Waals surface area contributed by atoms with Crippen molar-refractivity contribution < 1.29 is 17.9 Å². The Morgan fingerprint density at radius 1 is 1.07 bits per heavy atom. The minimum atomic E-state index is -3.34. The number of aromatic amines is 1. The fourth-order valence-corrected chi connectivity index (χ4v) is 3.15. The van der Waals surface area contributed by atoms with Crippen LogP contribution in [0.4, 0.5) is 11.4 Å². The number of aromatic nitrogens is 2. The molecule has 1 aromatic heterocycles. The minimum absolute atomic E-state index is 0.0138. The molecule has 0 aliphatic carbocycles. The topological polar surface area (TPSA) is 113 Å². The molecule has 0 aliphatic rings. The lowest BCUT2D eigenvalue weighted by atomic mass is 10.1. The molecule has 0 radical (unpaired) electrons. The van der Waals surface area contributed by atoms with Gasteiger partial charge in [-0.05, 0) is 55.5 Å². The summed E-state index contributed by atoms with van der Waals surface area (Å²) in [6.07, 6.45) is 1.46. The highest BCUT2D eigenvalue weighted by atomic mass is 32.2. The minimum Gasteiger partial charge on any atom is -0.497 e. The molecule has 8 nitrogen and oxygen atoms in total. The molecule has 0 bridgehead atoms. The number of sulfonamides is 1. The van der Waals surface area contributed by atoms with Gasteiger partial charge >= 0.3 is 0 Å². The van der Waals surface area contributed by atoms with E-state index in [2.05, 4.69) is 20.2 Å². The predicted octanol–water partition coefficient (Wildman–Crippen LogP) is 3.10. The number of hydrogen-bond donors (Lipinski definition) is 3. The van der Waals surface area contributed by atoms with Gasteiger partial charge in [0.2, 0.25) is 10.0 Å². The molecule has 1 heterocycles. The number of rotatable bonds is 7. The van der Waals surface area contributed by atoms with Gasteiger partial charge in [-0.1, -0.05) is 0 Å². The molecular weight excluding hydrogens is 380 g/mol. The van der Waals surface area contributed by atoms with Crippen molar-refractivity contribution in [1.29, 1.82) is 0 Å². The first-order valence-electron chi connectivity index (χ1n) is 8.51. The number of methoxy groups -OCH3 is 1. The summed E-state index contributed by atoms with van der Waals surface area (Å²) in [5.74, 6) is 0.370. The number of carbonyl (C=O) groups excluding carboxylic acids is 1. The van der Waals surface area contributed by atoms with Crippen molar-refractivity contribution >= 4 is 27.3 Å².